The number of benzene rings is 1. The molecule has 2 N–H and O–H groups in total. The maximum Gasteiger partial charge on any atom is 0.148 e. The molecule has 0 atom stereocenters. The van der Waals surface area contributed by atoms with E-state index in [1.54, 1.807) is 0 Å². The number of nitrogens with one attached hydrogen (secondary N) is 1. The molecule has 0 saturated heterocycles. The second-order valence-corrected chi connectivity index (χ2v) is 6.15. The molecule has 4 nitrogen and oxygen atoms in total. The van der Waals surface area contributed by atoms with Crippen molar-refractivity contribution in [3.63, 3.8) is 0 Å². The highest BCUT2D eigenvalue weighted by Gasteiger charge is 2.04. The van der Waals surface area contributed by atoms with E-state index in [1.165, 1.54) is 6.26 Å². The average molecular weight is 243 g/mol. The van der Waals surface area contributed by atoms with Crippen LogP contribution in [0.5, 0.6) is 5.75 Å². The van der Waals surface area contributed by atoms with Gasteiger partial charge in [0.05, 0.1) is 5.75 Å². The minimum Gasteiger partial charge on any atom is -0.507 e. The van der Waals surface area contributed by atoms with Crippen LogP contribution >= 0.6 is 0 Å². The number of aromatic hydroxyl groups is 1. The van der Waals surface area contributed by atoms with Gasteiger partial charge in [-0.2, -0.15) is 0 Å². The van der Waals surface area contributed by atoms with E-state index in [2.05, 4.69) is 5.32 Å². The molecule has 0 spiro atoms. The first kappa shape index (κ1) is 13.0. The summed E-state index contributed by atoms with van der Waals surface area (Å²) in [6.07, 6.45) is 1.21. The Kier molecular flexibility index (Phi) is 4.32. The van der Waals surface area contributed by atoms with Gasteiger partial charge in [0, 0.05) is 24.9 Å². The molecule has 0 aromatic heterocycles. The second-order valence-electron chi connectivity index (χ2n) is 3.89. The van der Waals surface area contributed by atoms with E-state index in [4.69, 9.17) is 0 Å². The van der Waals surface area contributed by atoms with Gasteiger partial charge in [0.15, 0.2) is 0 Å². The fourth-order valence-corrected chi connectivity index (χ4v) is 1.86. The minimum absolute atomic E-state index is 0.111. The van der Waals surface area contributed by atoms with Crippen molar-refractivity contribution in [1.29, 1.82) is 0 Å². The van der Waals surface area contributed by atoms with Crippen LogP contribution in [0.4, 0.5) is 0 Å². The molecule has 0 radical (unpaired) electrons. The Balaban J connectivity index is 2.47. The van der Waals surface area contributed by atoms with E-state index in [0.29, 0.717) is 13.1 Å². The smallest absolute Gasteiger partial charge is 0.148 e. The summed E-state index contributed by atoms with van der Waals surface area (Å²) >= 11 is 0. The highest BCUT2D eigenvalue weighted by molar-refractivity contribution is 7.90. The normalized spacial score (nSPS) is 11.6. The summed E-state index contributed by atoms with van der Waals surface area (Å²) < 4.78 is 21.7. The Morgan fingerprint density at radius 1 is 1.38 bits per heavy atom. The molecule has 0 saturated carbocycles. The molecule has 0 bridgehead atoms. The highest BCUT2D eigenvalue weighted by atomic mass is 32.2. The predicted molar refractivity (Wildman–Crippen MR) is 64.3 cm³/mol. The van der Waals surface area contributed by atoms with E-state index in [-0.39, 0.29) is 11.5 Å². The van der Waals surface area contributed by atoms with Crippen LogP contribution in [0.2, 0.25) is 0 Å². The third-order valence-electron chi connectivity index (χ3n) is 2.29. The van der Waals surface area contributed by atoms with Gasteiger partial charge in [-0.05, 0) is 12.5 Å². The zero-order valence-electron chi connectivity index (χ0n) is 9.53. The van der Waals surface area contributed by atoms with Crippen molar-refractivity contribution in [3.05, 3.63) is 29.3 Å². The average Bonchev–Trinajstić information content (AvgIpc) is 2.17. The van der Waals surface area contributed by atoms with Gasteiger partial charge in [0.2, 0.25) is 0 Å². The fourth-order valence-electron chi connectivity index (χ4n) is 1.34. The van der Waals surface area contributed by atoms with Gasteiger partial charge in [-0.25, -0.2) is 8.42 Å². The molecule has 0 heterocycles. The van der Waals surface area contributed by atoms with Gasteiger partial charge >= 0.3 is 0 Å². The number of hydrogen-bond donors (Lipinski definition) is 2. The molecule has 16 heavy (non-hydrogen) atoms. The Morgan fingerprint density at radius 2 is 2.06 bits per heavy atom. The van der Waals surface area contributed by atoms with E-state index in [0.717, 1.165) is 11.1 Å². The van der Waals surface area contributed by atoms with Crippen LogP contribution in [-0.2, 0) is 16.4 Å². The third kappa shape index (κ3) is 4.20. The summed E-state index contributed by atoms with van der Waals surface area (Å²) in [5, 5.41) is 12.7. The summed E-state index contributed by atoms with van der Waals surface area (Å²) in [6, 6.07) is 5.51. The lowest BCUT2D eigenvalue weighted by molar-refractivity contribution is 0.461. The lowest BCUT2D eigenvalue weighted by Gasteiger charge is -2.08. The quantitative estimate of drug-likeness (QED) is 0.752. The number of rotatable bonds is 5. The molecule has 0 amide bonds. The number of sulfone groups is 1. The summed E-state index contributed by atoms with van der Waals surface area (Å²) in [4.78, 5) is 0. The Morgan fingerprint density at radius 3 is 2.69 bits per heavy atom. The van der Waals surface area contributed by atoms with Crippen LogP contribution in [0, 0.1) is 6.92 Å². The number of para-hydroxylation sites is 1. The second kappa shape index (κ2) is 5.32. The van der Waals surface area contributed by atoms with Crippen LogP contribution in [0.3, 0.4) is 0 Å². The number of aryl methyl sites for hydroxylation is 1. The summed E-state index contributed by atoms with van der Waals surface area (Å²) in [6.45, 7) is 2.70. The summed E-state index contributed by atoms with van der Waals surface area (Å²) in [7, 11) is -2.92. The van der Waals surface area contributed by atoms with Crippen molar-refractivity contribution >= 4 is 9.84 Å². The van der Waals surface area contributed by atoms with E-state index in [9.17, 15) is 13.5 Å². The van der Waals surface area contributed by atoms with E-state index in [1.807, 2.05) is 25.1 Å². The monoisotopic (exact) mass is 243 g/mol. The van der Waals surface area contributed by atoms with Crippen LogP contribution in [0.15, 0.2) is 18.2 Å². The summed E-state index contributed by atoms with van der Waals surface area (Å²) in [5.41, 5.74) is 1.61. The van der Waals surface area contributed by atoms with E-state index < -0.39 is 9.84 Å². The zero-order valence-corrected chi connectivity index (χ0v) is 10.3. The van der Waals surface area contributed by atoms with Crippen molar-refractivity contribution in [2.75, 3.05) is 18.6 Å². The Labute approximate surface area is 96.2 Å². The van der Waals surface area contributed by atoms with Crippen LogP contribution in [-0.4, -0.2) is 32.1 Å². The number of hydrogen-bond acceptors (Lipinski definition) is 4. The molecule has 0 aliphatic rings. The topological polar surface area (TPSA) is 66.4 Å². The Bertz CT molecular complexity index is 454. The molecular weight excluding hydrogens is 226 g/mol. The van der Waals surface area contributed by atoms with Crippen molar-refractivity contribution in [2.45, 2.75) is 13.5 Å². The number of phenolic OH excluding ortho intramolecular Hbond substituents is 1. The maximum atomic E-state index is 10.9. The molecule has 1 aromatic rings. The fraction of sp³-hybridized carbons (Fsp3) is 0.455. The molecule has 0 fully saturated rings. The standard InChI is InChI=1S/C11H17NO3S/c1-9-4-3-5-10(11(9)13)8-12-6-7-16(2,14)15/h3-5,12-13H,6-8H2,1-2H3. The summed E-state index contributed by atoms with van der Waals surface area (Å²) in [5.74, 6) is 0.383. The van der Waals surface area contributed by atoms with Gasteiger partial charge in [-0.1, -0.05) is 18.2 Å². The molecule has 1 aromatic carbocycles. The van der Waals surface area contributed by atoms with Gasteiger partial charge in [0.25, 0.3) is 0 Å². The molecule has 1 rings (SSSR count). The zero-order chi connectivity index (χ0) is 12.2. The largest absolute Gasteiger partial charge is 0.507 e. The van der Waals surface area contributed by atoms with Crippen molar-refractivity contribution in [3.8, 4) is 5.75 Å². The first-order chi connectivity index (χ1) is 7.40. The van der Waals surface area contributed by atoms with Crippen molar-refractivity contribution in [2.24, 2.45) is 0 Å². The molecule has 5 heteroatoms. The third-order valence-corrected chi connectivity index (χ3v) is 3.23. The molecule has 0 unspecified atom stereocenters. The van der Waals surface area contributed by atoms with Crippen LogP contribution < -0.4 is 5.32 Å². The molecular formula is C11H17NO3S. The lowest BCUT2D eigenvalue weighted by atomic mass is 10.1. The number of phenols is 1. The first-order valence-electron chi connectivity index (χ1n) is 5.06. The van der Waals surface area contributed by atoms with Crippen molar-refractivity contribution < 1.29 is 13.5 Å². The molecule has 0 aliphatic carbocycles. The SMILES string of the molecule is Cc1cccc(CNCCS(C)(=O)=O)c1O. The van der Waals surface area contributed by atoms with Crippen LogP contribution in [0.1, 0.15) is 11.1 Å². The highest BCUT2D eigenvalue weighted by Crippen LogP contribution is 2.20. The van der Waals surface area contributed by atoms with Gasteiger partial charge < -0.3 is 10.4 Å². The van der Waals surface area contributed by atoms with Crippen molar-refractivity contribution in [1.82, 2.24) is 5.32 Å². The lowest BCUT2D eigenvalue weighted by Crippen LogP contribution is -2.22. The van der Waals surface area contributed by atoms with Crippen LogP contribution in [0.25, 0.3) is 0 Å². The minimum atomic E-state index is -2.92. The van der Waals surface area contributed by atoms with Gasteiger partial charge in [-0.15, -0.1) is 0 Å². The predicted octanol–water partition coefficient (Wildman–Crippen LogP) is 0.835. The Hall–Kier alpha value is -1.07. The van der Waals surface area contributed by atoms with E-state index >= 15 is 0 Å². The molecule has 90 valence electrons. The maximum absolute atomic E-state index is 10.9. The van der Waals surface area contributed by atoms with Gasteiger partial charge in [-0.3, -0.25) is 0 Å². The first-order valence-corrected chi connectivity index (χ1v) is 7.12. The van der Waals surface area contributed by atoms with Gasteiger partial charge in [0.1, 0.15) is 15.6 Å². The molecule has 0 aliphatic heterocycles.